The van der Waals surface area contributed by atoms with Crippen LogP contribution < -0.4 is 10.3 Å². The molecule has 3 aromatic rings. The Hall–Kier alpha value is -4.35. The number of aliphatic hydroxyl groups is 1. The number of nitro benzene ring substituents is 1. The number of imide groups is 1. The van der Waals surface area contributed by atoms with Crippen molar-refractivity contribution in [2.75, 3.05) is 10.3 Å². The zero-order valence-electron chi connectivity index (χ0n) is 19.2. The lowest BCUT2D eigenvalue weighted by Gasteiger charge is -2.40. The van der Waals surface area contributed by atoms with E-state index in [0.717, 1.165) is 10.5 Å². The molecule has 5 rings (SSSR count). The minimum absolute atomic E-state index is 0.0746. The van der Waals surface area contributed by atoms with Crippen LogP contribution in [0.5, 0.6) is 0 Å². The minimum atomic E-state index is -0.917. The number of non-ortho nitro benzene ring substituents is 1. The largest absolute Gasteiger partial charge is 0.391 e. The van der Waals surface area contributed by atoms with Gasteiger partial charge in [0, 0.05) is 29.4 Å². The molecule has 11 heteroatoms. The third-order valence-corrected chi connectivity index (χ3v) is 6.46. The van der Waals surface area contributed by atoms with Crippen molar-refractivity contribution >= 4 is 28.9 Å². The fourth-order valence-corrected chi connectivity index (χ4v) is 4.57. The molecule has 1 aromatic heterocycles. The molecule has 3 heterocycles. The number of rotatable bonds is 7. The van der Waals surface area contributed by atoms with Crippen molar-refractivity contribution in [1.82, 2.24) is 10.2 Å². The van der Waals surface area contributed by atoms with E-state index in [9.17, 15) is 24.8 Å². The van der Waals surface area contributed by atoms with Crippen LogP contribution in [0, 0.1) is 16.0 Å². The molecule has 0 aliphatic carbocycles. The van der Waals surface area contributed by atoms with Gasteiger partial charge in [-0.1, -0.05) is 36.4 Å². The molecule has 184 valence electrons. The third kappa shape index (κ3) is 4.04. The third-order valence-electron chi connectivity index (χ3n) is 6.46. The summed E-state index contributed by atoms with van der Waals surface area (Å²) in [4.78, 5) is 38.7. The molecule has 0 unspecified atom stereocenters. The second-order valence-electron chi connectivity index (χ2n) is 8.59. The lowest BCUT2D eigenvalue weighted by molar-refractivity contribution is -0.384. The van der Waals surface area contributed by atoms with Gasteiger partial charge < -0.3 is 15.1 Å². The van der Waals surface area contributed by atoms with Crippen molar-refractivity contribution in [2.24, 2.45) is 5.92 Å². The normalized spacial score (nSPS) is 22.5. The first-order valence-corrected chi connectivity index (χ1v) is 11.4. The maximum atomic E-state index is 13.7. The summed E-state index contributed by atoms with van der Waals surface area (Å²) < 4.78 is 4.87. The molecule has 1 saturated heterocycles. The molecule has 2 aromatic carbocycles. The van der Waals surface area contributed by atoms with Gasteiger partial charge in [-0.3, -0.25) is 19.7 Å². The SMILES string of the molecule is CC[C@@H](O)[C@H]1C=C[C@H]2C(=O)N(c3ccc(-c4ccon4)cc3)C(=O)[C@H]2N1Nc1ccc([N+](=O)[O-])cc1. The number of anilines is 2. The molecule has 0 saturated carbocycles. The average molecular weight is 489 g/mol. The van der Waals surface area contributed by atoms with Crippen LogP contribution >= 0.6 is 0 Å². The number of carbonyl (C=O) groups is 2. The molecule has 0 radical (unpaired) electrons. The van der Waals surface area contributed by atoms with Crippen LogP contribution in [-0.2, 0) is 9.59 Å². The smallest absolute Gasteiger partial charge is 0.269 e. The zero-order chi connectivity index (χ0) is 25.4. The molecule has 4 atom stereocenters. The summed E-state index contributed by atoms with van der Waals surface area (Å²) in [6, 6.07) is 12.8. The highest BCUT2D eigenvalue weighted by atomic mass is 16.6. The topological polar surface area (TPSA) is 142 Å². The van der Waals surface area contributed by atoms with E-state index in [1.165, 1.54) is 30.5 Å². The predicted molar refractivity (Wildman–Crippen MR) is 129 cm³/mol. The maximum Gasteiger partial charge on any atom is 0.269 e. The van der Waals surface area contributed by atoms with Gasteiger partial charge in [-0.2, -0.15) is 0 Å². The van der Waals surface area contributed by atoms with Gasteiger partial charge in [-0.15, -0.1) is 0 Å². The van der Waals surface area contributed by atoms with Crippen molar-refractivity contribution in [2.45, 2.75) is 31.5 Å². The van der Waals surface area contributed by atoms with Crippen molar-refractivity contribution in [3.8, 4) is 11.3 Å². The van der Waals surface area contributed by atoms with Crippen LogP contribution in [0.3, 0.4) is 0 Å². The Morgan fingerprint density at radius 3 is 2.42 bits per heavy atom. The number of hydrogen-bond acceptors (Lipinski definition) is 9. The van der Waals surface area contributed by atoms with Crippen LogP contribution in [0.4, 0.5) is 17.1 Å². The molecule has 1 fully saturated rings. The minimum Gasteiger partial charge on any atom is -0.391 e. The number of hydrogen-bond donors (Lipinski definition) is 2. The summed E-state index contributed by atoms with van der Waals surface area (Å²) in [6.45, 7) is 1.82. The monoisotopic (exact) mass is 489 g/mol. The first-order valence-electron chi connectivity index (χ1n) is 11.4. The molecule has 2 aliphatic heterocycles. The second kappa shape index (κ2) is 9.36. The van der Waals surface area contributed by atoms with Gasteiger partial charge >= 0.3 is 0 Å². The Morgan fingerprint density at radius 2 is 1.81 bits per heavy atom. The molecular weight excluding hydrogens is 466 g/mol. The number of benzene rings is 2. The van der Waals surface area contributed by atoms with Crippen molar-refractivity contribution in [1.29, 1.82) is 0 Å². The second-order valence-corrected chi connectivity index (χ2v) is 8.59. The van der Waals surface area contributed by atoms with Crippen LogP contribution in [-0.4, -0.2) is 50.2 Å². The Kier molecular flexibility index (Phi) is 6.08. The molecule has 36 heavy (non-hydrogen) atoms. The molecule has 0 spiro atoms. The highest BCUT2D eigenvalue weighted by molar-refractivity contribution is 6.24. The Balaban J connectivity index is 1.46. The van der Waals surface area contributed by atoms with Crippen LogP contribution in [0.15, 0.2) is 77.5 Å². The summed E-state index contributed by atoms with van der Waals surface area (Å²) in [6.07, 6.45) is 4.45. The summed E-state index contributed by atoms with van der Waals surface area (Å²) in [5, 5.41) is 27.2. The van der Waals surface area contributed by atoms with E-state index >= 15 is 0 Å². The van der Waals surface area contributed by atoms with E-state index in [2.05, 4.69) is 10.6 Å². The van der Waals surface area contributed by atoms with Crippen molar-refractivity contribution in [3.05, 3.63) is 83.1 Å². The molecule has 0 bridgehead atoms. The van der Waals surface area contributed by atoms with Crippen LogP contribution in [0.2, 0.25) is 0 Å². The number of fused-ring (bicyclic) bond motifs is 1. The number of carbonyl (C=O) groups excluding carboxylic acids is 2. The number of nitro groups is 1. The van der Waals surface area contributed by atoms with E-state index in [4.69, 9.17) is 4.52 Å². The van der Waals surface area contributed by atoms with Gasteiger partial charge in [-0.05, 0) is 30.7 Å². The molecule has 2 N–H and O–H groups in total. The van der Waals surface area contributed by atoms with E-state index in [-0.39, 0.29) is 11.6 Å². The number of aromatic nitrogens is 1. The number of hydrazine groups is 1. The maximum absolute atomic E-state index is 13.7. The molecule has 2 aliphatic rings. The fraction of sp³-hybridized carbons (Fsp3) is 0.240. The van der Waals surface area contributed by atoms with Crippen LogP contribution in [0.1, 0.15) is 13.3 Å². The first kappa shape index (κ1) is 23.4. The van der Waals surface area contributed by atoms with Gasteiger partial charge in [-0.25, -0.2) is 9.91 Å². The van der Waals surface area contributed by atoms with E-state index in [0.29, 0.717) is 23.5 Å². The molecule has 2 amide bonds. The van der Waals surface area contributed by atoms with Gasteiger partial charge in [0.2, 0.25) is 5.91 Å². The van der Waals surface area contributed by atoms with E-state index in [1.807, 2.05) is 6.92 Å². The standard InChI is InChI=1S/C25H23N5O6/c1-2-22(31)21-12-11-19-23(29(21)26-16-5-9-18(10-6-16)30(34)35)25(33)28(24(19)32)17-7-3-15(4-8-17)20-13-14-36-27-20/h3-14,19,21-23,26,31H,2H2,1H3/t19-,21-,22-,23+/m1/s1. The van der Waals surface area contributed by atoms with Gasteiger partial charge in [0.25, 0.3) is 11.6 Å². The summed E-state index contributed by atoms with van der Waals surface area (Å²) >= 11 is 0. The van der Waals surface area contributed by atoms with Crippen molar-refractivity contribution < 1.29 is 24.1 Å². The number of amides is 2. The zero-order valence-corrected chi connectivity index (χ0v) is 19.2. The summed E-state index contributed by atoms with van der Waals surface area (Å²) in [5.41, 5.74) is 5.35. The van der Waals surface area contributed by atoms with Crippen LogP contribution in [0.25, 0.3) is 11.3 Å². The predicted octanol–water partition coefficient (Wildman–Crippen LogP) is 3.15. The van der Waals surface area contributed by atoms with Gasteiger partial charge in [0.15, 0.2) is 0 Å². The summed E-state index contributed by atoms with van der Waals surface area (Å²) in [7, 11) is 0. The first-order chi connectivity index (χ1) is 17.4. The Bertz CT molecular complexity index is 1310. The number of aliphatic hydroxyl groups excluding tert-OH is 1. The Labute approximate surface area is 205 Å². The van der Waals surface area contributed by atoms with Gasteiger partial charge in [0.1, 0.15) is 18.0 Å². The van der Waals surface area contributed by atoms with Gasteiger partial charge in [0.05, 0.1) is 28.7 Å². The van der Waals surface area contributed by atoms with E-state index in [1.54, 1.807) is 47.5 Å². The Morgan fingerprint density at radius 1 is 1.08 bits per heavy atom. The molecule has 11 nitrogen and oxygen atoms in total. The quantitative estimate of drug-likeness (QED) is 0.221. The number of nitrogens with one attached hydrogen (secondary N) is 1. The lowest BCUT2D eigenvalue weighted by atomic mass is 9.92. The average Bonchev–Trinajstić information content (AvgIpc) is 3.51. The number of nitrogens with zero attached hydrogens (tertiary/aromatic N) is 4. The summed E-state index contributed by atoms with van der Waals surface area (Å²) in [5.74, 6) is -1.58. The lowest BCUT2D eigenvalue weighted by Crippen LogP contribution is -2.57. The highest BCUT2D eigenvalue weighted by Crippen LogP contribution is 2.36. The van der Waals surface area contributed by atoms with E-state index < -0.39 is 34.9 Å². The molecular formula is C25H23N5O6. The van der Waals surface area contributed by atoms with Crippen molar-refractivity contribution in [3.63, 3.8) is 0 Å². The highest BCUT2D eigenvalue weighted by Gasteiger charge is 2.53. The fourth-order valence-electron chi connectivity index (χ4n) is 4.57.